The maximum Gasteiger partial charge on any atom is 0.398 e. The lowest BCUT2D eigenvalue weighted by molar-refractivity contribution is -0.190. The predicted molar refractivity (Wildman–Crippen MR) is 109 cm³/mol. The molecule has 9 heteroatoms. The molecule has 0 unspecified atom stereocenters. The van der Waals surface area contributed by atoms with E-state index in [1.807, 2.05) is 26.0 Å². The fourth-order valence-electron chi connectivity index (χ4n) is 4.69. The third-order valence-electron chi connectivity index (χ3n) is 6.12. The lowest BCUT2D eigenvalue weighted by Gasteiger charge is -2.37. The standard InChI is InChI=1S/C22H26F3N3O3/c1-12(2)31-17-4-3-15(11-26-17)28-7-5-13(6-8-28)20-18-14(10-27-20)9-16(29)21(30)19(18)22(23,24)25/h3-4,11-13,19,21,30H,5-10H2,1-2H3/t19-,21+/m1/s1. The molecule has 4 rings (SSSR count). The lowest BCUT2D eigenvalue weighted by atomic mass is 9.74. The summed E-state index contributed by atoms with van der Waals surface area (Å²) in [4.78, 5) is 22.8. The smallest absolute Gasteiger partial charge is 0.398 e. The molecule has 0 amide bonds. The first-order valence-electron chi connectivity index (χ1n) is 10.6. The zero-order chi connectivity index (χ0) is 22.3. The second-order valence-electron chi connectivity index (χ2n) is 8.61. The van der Waals surface area contributed by atoms with Crippen molar-refractivity contribution in [3.05, 3.63) is 29.5 Å². The van der Waals surface area contributed by atoms with Gasteiger partial charge in [-0.2, -0.15) is 13.2 Å². The average molecular weight is 437 g/mol. The van der Waals surface area contributed by atoms with Crippen LogP contribution in [0.25, 0.3) is 0 Å². The van der Waals surface area contributed by atoms with Gasteiger partial charge in [0.2, 0.25) is 5.88 Å². The quantitative estimate of drug-likeness (QED) is 0.782. The van der Waals surface area contributed by atoms with Crippen LogP contribution in [0.4, 0.5) is 18.9 Å². The Kier molecular flexibility index (Phi) is 5.81. The largest absolute Gasteiger partial charge is 0.475 e. The Hall–Kier alpha value is -2.42. The van der Waals surface area contributed by atoms with E-state index < -0.39 is 24.0 Å². The Morgan fingerprint density at radius 2 is 1.94 bits per heavy atom. The van der Waals surface area contributed by atoms with Gasteiger partial charge in [-0.05, 0) is 43.9 Å². The number of anilines is 1. The minimum absolute atomic E-state index is 0.0367. The summed E-state index contributed by atoms with van der Waals surface area (Å²) in [7, 11) is 0. The minimum Gasteiger partial charge on any atom is -0.475 e. The normalized spacial score (nSPS) is 25.2. The van der Waals surface area contributed by atoms with E-state index in [9.17, 15) is 23.1 Å². The number of rotatable bonds is 4. The summed E-state index contributed by atoms with van der Waals surface area (Å²) in [6.07, 6.45) is -3.80. The fourth-order valence-corrected chi connectivity index (χ4v) is 4.69. The van der Waals surface area contributed by atoms with E-state index in [2.05, 4.69) is 14.9 Å². The van der Waals surface area contributed by atoms with Crippen LogP contribution in [0, 0.1) is 11.8 Å². The number of carbonyl (C=O) groups excluding carboxylic acids is 1. The number of aliphatic imine (C=N–C) groups is 1. The molecule has 0 saturated carbocycles. The number of aliphatic hydroxyl groups excluding tert-OH is 1. The average Bonchev–Trinajstić information content (AvgIpc) is 3.11. The van der Waals surface area contributed by atoms with Crippen molar-refractivity contribution in [2.24, 2.45) is 16.8 Å². The molecule has 0 spiro atoms. The van der Waals surface area contributed by atoms with Gasteiger partial charge in [0.25, 0.3) is 0 Å². The zero-order valence-corrected chi connectivity index (χ0v) is 17.5. The van der Waals surface area contributed by atoms with Crippen molar-refractivity contribution in [1.29, 1.82) is 0 Å². The maximum absolute atomic E-state index is 13.7. The molecule has 2 atom stereocenters. The van der Waals surface area contributed by atoms with Crippen molar-refractivity contribution in [1.82, 2.24) is 4.98 Å². The summed E-state index contributed by atoms with van der Waals surface area (Å²) in [6, 6.07) is 3.75. The topological polar surface area (TPSA) is 75.0 Å². The van der Waals surface area contributed by atoms with Crippen molar-refractivity contribution < 1.29 is 27.8 Å². The molecule has 0 bridgehead atoms. The number of aliphatic hydroxyl groups is 1. The first-order valence-corrected chi connectivity index (χ1v) is 10.6. The molecule has 1 aliphatic carbocycles. The number of nitrogens with zero attached hydrogens (tertiary/aromatic N) is 3. The van der Waals surface area contributed by atoms with Gasteiger partial charge in [-0.15, -0.1) is 0 Å². The molecular formula is C22H26F3N3O3. The molecule has 1 aromatic heterocycles. The molecule has 0 radical (unpaired) electrons. The van der Waals surface area contributed by atoms with Gasteiger partial charge in [-0.3, -0.25) is 9.79 Å². The van der Waals surface area contributed by atoms with E-state index >= 15 is 0 Å². The monoisotopic (exact) mass is 437 g/mol. The second-order valence-corrected chi connectivity index (χ2v) is 8.61. The molecule has 3 aliphatic rings. The molecule has 168 valence electrons. The molecule has 1 fully saturated rings. The fraction of sp³-hybridized carbons (Fsp3) is 0.591. The maximum atomic E-state index is 13.7. The molecule has 31 heavy (non-hydrogen) atoms. The Morgan fingerprint density at radius 1 is 1.23 bits per heavy atom. The van der Waals surface area contributed by atoms with Crippen LogP contribution in [-0.2, 0) is 4.79 Å². The van der Waals surface area contributed by atoms with Crippen molar-refractivity contribution in [3.8, 4) is 5.88 Å². The van der Waals surface area contributed by atoms with Gasteiger partial charge in [0, 0.05) is 37.2 Å². The number of hydrogen-bond donors (Lipinski definition) is 1. The van der Waals surface area contributed by atoms with Crippen molar-refractivity contribution in [2.45, 2.75) is 51.5 Å². The predicted octanol–water partition coefficient (Wildman–Crippen LogP) is 3.35. The third-order valence-corrected chi connectivity index (χ3v) is 6.12. The van der Waals surface area contributed by atoms with Crippen molar-refractivity contribution in [3.63, 3.8) is 0 Å². The van der Waals surface area contributed by atoms with E-state index in [0.717, 1.165) is 5.69 Å². The van der Waals surface area contributed by atoms with Gasteiger partial charge in [-0.1, -0.05) is 0 Å². The van der Waals surface area contributed by atoms with E-state index in [-0.39, 0.29) is 30.6 Å². The molecule has 2 aliphatic heterocycles. The van der Waals surface area contributed by atoms with Crippen LogP contribution in [0.15, 0.2) is 34.5 Å². The van der Waals surface area contributed by atoms with Crippen LogP contribution in [0.3, 0.4) is 0 Å². The highest BCUT2D eigenvalue weighted by Gasteiger charge is 2.54. The van der Waals surface area contributed by atoms with Crippen LogP contribution < -0.4 is 9.64 Å². The summed E-state index contributed by atoms with van der Waals surface area (Å²) >= 11 is 0. The minimum atomic E-state index is -4.69. The number of hydrogen-bond acceptors (Lipinski definition) is 6. The first kappa shape index (κ1) is 21.8. The second kappa shape index (κ2) is 8.26. The third kappa shape index (κ3) is 4.33. The summed E-state index contributed by atoms with van der Waals surface area (Å²) in [5.41, 5.74) is 1.85. The van der Waals surface area contributed by atoms with E-state index in [0.29, 0.717) is 43.1 Å². The van der Waals surface area contributed by atoms with Crippen LogP contribution in [0.1, 0.15) is 33.1 Å². The molecule has 1 aromatic rings. The lowest BCUT2D eigenvalue weighted by Crippen LogP contribution is -2.46. The Morgan fingerprint density at radius 3 is 2.52 bits per heavy atom. The molecule has 3 heterocycles. The summed E-state index contributed by atoms with van der Waals surface area (Å²) in [5.74, 6) is -2.51. The van der Waals surface area contributed by atoms with E-state index in [4.69, 9.17) is 4.74 Å². The summed E-state index contributed by atoms with van der Waals surface area (Å²) in [6.45, 7) is 5.30. The summed E-state index contributed by atoms with van der Waals surface area (Å²) < 4.78 is 46.7. The molecule has 6 nitrogen and oxygen atoms in total. The molecule has 1 saturated heterocycles. The van der Waals surface area contributed by atoms with Crippen LogP contribution in [-0.4, -0.2) is 59.6 Å². The van der Waals surface area contributed by atoms with Gasteiger partial charge < -0.3 is 14.7 Å². The van der Waals surface area contributed by atoms with Gasteiger partial charge in [0.15, 0.2) is 5.78 Å². The molecule has 0 aromatic carbocycles. The highest BCUT2D eigenvalue weighted by molar-refractivity contribution is 6.08. The number of Topliss-reactive ketones (excluding diaryl/α,β-unsaturated/α-hetero) is 1. The number of halogens is 3. The van der Waals surface area contributed by atoms with E-state index in [1.54, 1.807) is 6.20 Å². The van der Waals surface area contributed by atoms with Gasteiger partial charge in [0.05, 0.1) is 24.5 Å². The van der Waals surface area contributed by atoms with Gasteiger partial charge in [-0.25, -0.2) is 4.98 Å². The Bertz CT molecular complexity index is 901. The van der Waals surface area contributed by atoms with Crippen LogP contribution in [0.5, 0.6) is 5.88 Å². The molecule has 1 N–H and O–H groups in total. The zero-order valence-electron chi connectivity index (χ0n) is 17.5. The Balaban J connectivity index is 1.46. The van der Waals surface area contributed by atoms with Crippen molar-refractivity contribution >= 4 is 17.2 Å². The number of alkyl halides is 3. The number of carbonyl (C=O) groups is 1. The van der Waals surface area contributed by atoms with Gasteiger partial charge in [0.1, 0.15) is 12.0 Å². The number of ether oxygens (including phenoxy) is 1. The SMILES string of the molecule is CC(C)Oc1ccc(N2CCC(C3=NCC4=C3[C@@H](C(F)(F)F)[C@@H](O)C(=O)C4)CC2)cn1. The first-order chi connectivity index (χ1) is 14.6. The van der Waals surface area contributed by atoms with Crippen LogP contribution >= 0.6 is 0 Å². The van der Waals surface area contributed by atoms with Gasteiger partial charge >= 0.3 is 6.18 Å². The van der Waals surface area contributed by atoms with Crippen molar-refractivity contribution in [2.75, 3.05) is 24.5 Å². The number of aromatic nitrogens is 1. The number of pyridine rings is 1. The Labute approximate surface area is 178 Å². The van der Waals surface area contributed by atoms with Crippen LogP contribution in [0.2, 0.25) is 0 Å². The number of ketones is 1. The summed E-state index contributed by atoms with van der Waals surface area (Å²) in [5, 5.41) is 10.0. The number of piperidine rings is 1. The highest BCUT2D eigenvalue weighted by atomic mass is 19.4. The highest BCUT2D eigenvalue weighted by Crippen LogP contribution is 2.45. The molecular weight excluding hydrogens is 411 g/mol. The van der Waals surface area contributed by atoms with E-state index in [1.165, 1.54) is 0 Å².